The Hall–Kier alpha value is -0.390. The van der Waals surface area contributed by atoms with Crippen molar-refractivity contribution in [1.29, 1.82) is 0 Å². The van der Waals surface area contributed by atoms with Gasteiger partial charge < -0.3 is 4.90 Å². The SMILES string of the molecule is CC1=CCCC(C)C1CN1CCC(NS(C)(=O)=O)CC1. The summed E-state index contributed by atoms with van der Waals surface area (Å²) in [6, 6.07) is 0.127. The molecule has 116 valence electrons. The van der Waals surface area contributed by atoms with Gasteiger partial charge in [0.05, 0.1) is 6.26 Å². The highest BCUT2D eigenvalue weighted by Crippen LogP contribution is 2.31. The lowest BCUT2D eigenvalue weighted by Gasteiger charge is -2.37. The van der Waals surface area contributed by atoms with Crippen LogP contribution in [0.3, 0.4) is 0 Å². The summed E-state index contributed by atoms with van der Waals surface area (Å²) in [6.45, 7) is 7.76. The van der Waals surface area contributed by atoms with Crippen LogP contribution in [0.2, 0.25) is 0 Å². The number of allylic oxidation sites excluding steroid dienone is 1. The summed E-state index contributed by atoms with van der Waals surface area (Å²) in [5, 5.41) is 0. The lowest BCUT2D eigenvalue weighted by Crippen LogP contribution is -2.46. The van der Waals surface area contributed by atoms with Crippen LogP contribution in [0.1, 0.15) is 39.5 Å². The van der Waals surface area contributed by atoms with Crippen molar-refractivity contribution in [2.24, 2.45) is 11.8 Å². The first kappa shape index (κ1) is 16.0. The summed E-state index contributed by atoms with van der Waals surface area (Å²) in [5.74, 6) is 1.45. The molecule has 0 saturated carbocycles. The molecule has 2 unspecified atom stereocenters. The van der Waals surface area contributed by atoms with E-state index in [0.717, 1.165) is 38.4 Å². The van der Waals surface area contributed by atoms with E-state index in [2.05, 4.69) is 29.5 Å². The molecular weight excluding hydrogens is 272 g/mol. The minimum atomic E-state index is -3.06. The van der Waals surface area contributed by atoms with E-state index in [1.165, 1.54) is 19.1 Å². The van der Waals surface area contributed by atoms with Crippen molar-refractivity contribution in [3.63, 3.8) is 0 Å². The molecule has 20 heavy (non-hydrogen) atoms. The van der Waals surface area contributed by atoms with Crippen molar-refractivity contribution in [2.75, 3.05) is 25.9 Å². The predicted molar refractivity (Wildman–Crippen MR) is 83.1 cm³/mol. The molecule has 0 aromatic rings. The molecule has 1 fully saturated rings. The molecule has 1 N–H and O–H groups in total. The van der Waals surface area contributed by atoms with Crippen molar-refractivity contribution in [1.82, 2.24) is 9.62 Å². The molecule has 0 bridgehead atoms. The second-order valence-electron chi connectivity index (χ2n) is 6.57. The molecule has 0 aromatic carbocycles. The van der Waals surface area contributed by atoms with Crippen LogP contribution in [0.5, 0.6) is 0 Å². The first-order valence-corrected chi connectivity index (χ1v) is 9.60. The topological polar surface area (TPSA) is 49.4 Å². The zero-order valence-corrected chi connectivity index (χ0v) is 13.7. The molecule has 0 spiro atoms. The van der Waals surface area contributed by atoms with Gasteiger partial charge in [0.1, 0.15) is 0 Å². The van der Waals surface area contributed by atoms with Crippen LogP contribution in [0.15, 0.2) is 11.6 Å². The quantitative estimate of drug-likeness (QED) is 0.808. The van der Waals surface area contributed by atoms with Crippen LogP contribution in [0, 0.1) is 11.8 Å². The molecule has 4 nitrogen and oxygen atoms in total. The summed E-state index contributed by atoms with van der Waals surface area (Å²) in [4.78, 5) is 2.50. The van der Waals surface area contributed by atoms with Gasteiger partial charge in [-0.05, 0) is 57.5 Å². The Labute approximate surface area is 123 Å². The van der Waals surface area contributed by atoms with E-state index in [1.54, 1.807) is 5.57 Å². The Morgan fingerprint density at radius 1 is 1.30 bits per heavy atom. The second kappa shape index (κ2) is 6.58. The first-order valence-electron chi connectivity index (χ1n) is 7.71. The maximum atomic E-state index is 11.3. The van der Waals surface area contributed by atoms with Gasteiger partial charge in [0.25, 0.3) is 0 Å². The van der Waals surface area contributed by atoms with E-state index >= 15 is 0 Å². The number of hydrogen-bond acceptors (Lipinski definition) is 3. The molecule has 2 rings (SSSR count). The maximum Gasteiger partial charge on any atom is 0.208 e. The molecule has 5 heteroatoms. The van der Waals surface area contributed by atoms with Crippen molar-refractivity contribution in [3.05, 3.63) is 11.6 Å². The Balaban J connectivity index is 1.82. The lowest BCUT2D eigenvalue weighted by molar-refractivity contribution is 0.165. The average molecular weight is 300 g/mol. The molecule has 1 saturated heterocycles. The van der Waals surface area contributed by atoms with Crippen LogP contribution >= 0.6 is 0 Å². The highest BCUT2D eigenvalue weighted by atomic mass is 32.2. The Bertz CT molecular complexity index is 450. The maximum absolute atomic E-state index is 11.3. The summed E-state index contributed by atoms with van der Waals surface area (Å²) < 4.78 is 25.2. The van der Waals surface area contributed by atoms with Gasteiger partial charge >= 0.3 is 0 Å². The van der Waals surface area contributed by atoms with Crippen molar-refractivity contribution in [3.8, 4) is 0 Å². The number of nitrogens with one attached hydrogen (secondary N) is 1. The molecule has 1 heterocycles. The van der Waals surface area contributed by atoms with Crippen LogP contribution in [0.4, 0.5) is 0 Å². The van der Waals surface area contributed by atoms with E-state index in [9.17, 15) is 8.42 Å². The van der Waals surface area contributed by atoms with Crippen LogP contribution in [-0.2, 0) is 10.0 Å². The summed E-state index contributed by atoms with van der Waals surface area (Å²) in [6.07, 6.45) is 8.02. The first-order chi connectivity index (χ1) is 9.35. The Morgan fingerprint density at radius 3 is 2.50 bits per heavy atom. The number of likely N-dealkylation sites (tertiary alicyclic amines) is 1. The molecule has 2 atom stereocenters. The molecule has 0 radical (unpaired) electrons. The summed E-state index contributed by atoms with van der Waals surface area (Å²) in [5.41, 5.74) is 1.54. The zero-order valence-electron chi connectivity index (χ0n) is 12.9. The van der Waals surface area contributed by atoms with Gasteiger partial charge in [0.15, 0.2) is 0 Å². The monoisotopic (exact) mass is 300 g/mol. The van der Waals surface area contributed by atoms with Crippen LogP contribution in [-0.4, -0.2) is 45.2 Å². The highest BCUT2D eigenvalue weighted by molar-refractivity contribution is 7.88. The minimum Gasteiger partial charge on any atom is -0.303 e. The third-order valence-corrected chi connectivity index (χ3v) is 5.54. The molecule has 1 aliphatic carbocycles. The van der Waals surface area contributed by atoms with Gasteiger partial charge in [-0.25, -0.2) is 13.1 Å². The molecule has 2 aliphatic rings. The standard InChI is InChI=1S/C15H28N2O2S/c1-12-5-4-6-13(2)15(12)11-17-9-7-14(8-10-17)16-20(3,18)19/h5,13-16H,4,6-11H2,1-3H3. The fourth-order valence-electron chi connectivity index (χ4n) is 3.51. The zero-order chi connectivity index (χ0) is 14.8. The third-order valence-electron chi connectivity index (χ3n) is 4.78. The van der Waals surface area contributed by atoms with Gasteiger partial charge in [0.2, 0.25) is 10.0 Å². The number of nitrogens with zero attached hydrogens (tertiary/aromatic N) is 1. The van der Waals surface area contributed by atoms with Crippen LogP contribution in [0.25, 0.3) is 0 Å². The lowest BCUT2D eigenvalue weighted by atomic mass is 9.79. The fraction of sp³-hybridized carbons (Fsp3) is 0.867. The number of sulfonamides is 1. The number of hydrogen-bond donors (Lipinski definition) is 1. The molecular formula is C15H28N2O2S. The van der Waals surface area contributed by atoms with Crippen molar-refractivity contribution < 1.29 is 8.42 Å². The predicted octanol–water partition coefficient (Wildman–Crippen LogP) is 1.99. The molecule has 0 amide bonds. The van der Waals surface area contributed by atoms with Crippen molar-refractivity contribution in [2.45, 2.75) is 45.6 Å². The second-order valence-corrected chi connectivity index (χ2v) is 8.35. The van der Waals surface area contributed by atoms with E-state index in [-0.39, 0.29) is 6.04 Å². The smallest absolute Gasteiger partial charge is 0.208 e. The van der Waals surface area contributed by atoms with Gasteiger partial charge in [-0.2, -0.15) is 0 Å². The van der Waals surface area contributed by atoms with E-state index in [1.807, 2.05) is 0 Å². The molecule has 1 aliphatic heterocycles. The Morgan fingerprint density at radius 2 is 1.95 bits per heavy atom. The summed E-state index contributed by atoms with van der Waals surface area (Å²) in [7, 11) is -3.06. The van der Waals surface area contributed by atoms with Crippen LogP contribution < -0.4 is 4.72 Å². The van der Waals surface area contributed by atoms with E-state index in [0.29, 0.717) is 5.92 Å². The van der Waals surface area contributed by atoms with E-state index in [4.69, 9.17) is 0 Å². The Kier molecular flexibility index (Phi) is 5.26. The fourth-order valence-corrected chi connectivity index (χ4v) is 4.35. The van der Waals surface area contributed by atoms with Gasteiger partial charge in [0, 0.05) is 12.6 Å². The number of rotatable bonds is 4. The average Bonchev–Trinajstić information content (AvgIpc) is 2.34. The normalized spacial score (nSPS) is 30.2. The summed E-state index contributed by atoms with van der Waals surface area (Å²) >= 11 is 0. The minimum absolute atomic E-state index is 0.127. The van der Waals surface area contributed by atoms with E-state index < -0.39 is 10.0 Å². The molecule has 0 aromatic heterocycles. The number of piperidine rings is 1. The third kappa shape index (κ3) is 4.57. The van der Waals surface area contributed by atoms with Gasteiger partial charge in [-0.3, -0.25) is 0 Å². The van der Waals surface area contributed by atoms with Crippen molar-refractivity contribution >= 4 is 10.0 Å². The van der Waals surface area contributed by atoms with Gasteiger partial charge in [-0.15, -0.1) is 0 Å². The van der Waals surface area contributed by atoms with Gasteiger partial charge in [-0.1, -0.05) is 18.6 Å². The highest BCUT2D eigenvalue weighted by Gasteiger charge is 2.27. The largest absolute Gasteiger partial charge is 0.303 e.